The van der Waals surface area contributed by atoms with Crippen LogP contribution in [0.5, 0.6) is 0 Å². The maximum Gasteiger partial charge on any atom is 0.263 e. The SMILES string of the molecule is Cc1c(F)cc(N)cc1S(=O)(=O)Nc1ccc(Cl)cn1. The van der Waals surface area contributed by atoms with Crippen LogP contribution >= 0.6 is 11.6 Å². The molecule has 1 aromatic heterocycles. The van der Waals surface area contributed by atoms with Gasteiger partial charge in [-0.25, -0.2) is 17.8 Å². The Morgan fingerprint density at radius 3 is 2.65 bits per heavy atom. The minimum absolute atomic E-state index is 0.0133. The van der Waals surface area contributed by atoms with Crippen molar-refractivity contribution in [2.45, 2.75) is 11.8 Å². The van der Waals surface area contributed by atoms with E-state index in [0.717, 1.165) is 6.07 Å². The van der Waals surface area contributed by atoms with Crippen molar-refractivity contribution in [3.05, 3.63) is 46.9 Å². The summed E-state index contributed by atoms with van der Waals surface area (Å²) in [5.41, 5.74) is 5.49. The van der Waals surface area contributed by atoms with Crippen molar-refractivity contribution in [1.82, 2.24) is 4.98 Å². The molecular formula is C12H11ClFN3O2S. The summed E-state index contributed by atoms with van der Waals surface area (Å²) in [6, 6.07) is 5.14. The lowest BCUT2D eigenvalue weighted by atomic mass is 10.2. The number of anilines is 2. The molecule has 2 rings (SSSR count). The van der Waals surface area contributed by atoms with E-state index in [1.54, 1.807) is 0 Å². The molecule has 0 aliphatic rings. The van der Waals surface area contributed by atoms with Crippen LogP contribution in [-0.4, -0.2) is 13.4 Å². The summed E-state index contributed by atoms with van der Waals surface area (Å²) in [5.74, 6) is -0.605. The van der Waals surface area contributed by atoms with Gasteiger partial charge in [0, 0.05) is 17.4 Å². The molecule has 5 nitrogen and oxygen atoms in total. The number of nitrogen functional groups attached to an aromatic ring is 1. The van der Waals surface area contributed by atoms with Gasteiger partial charge >= 0.3 is 0 Å². The highest BCUT2D eigenvalue weighted by Crippen LogP contribution is 2.23. The summed E-state index contributed by atoms with van der Waals surface area (Å²) in [4.78, 5) is 3.59. The van der Waals surface area contributed by atoms with Gasteiger partial charge in [0.1, 0.15) is 11.6 Å². The molecule has 106 valence electrons. The molecule has 0 unspecified atom stereocenters. The Balaban J connectivity index is 2.43. The number of sulfonamides is 1. The van der Waals surface area contributed by atoms with Gasteiger partial charge in [0.15, 0.2) is 0 Å². The number of pyridine rings is 1. The normalized spacial score (nSPS) is 11.3. The van der Waals surface area contributed by atoms with Gasteiger partial charge in [0.25, 0.3) is 10.0 Å². The molecule has 8 heteroatoms. The standard InChI is InChI=1S/C12H11ClFN3O2S/c1-7-10(14)4-9(15)5-11(7)20(18,19)17-12-3-2-8(13)6-16-12/h2-6H,15H2,1H3,(H,16,17). The quantitative estimate of drug-likeness (QED) is 0.852. The number of aromatic nitrogens is 1. The summed E-state index contributed by atoms with van der Waals surface area (Å²) in [7, 11) is -3.98. The van der Waals surface area contributed by atoms with Gasteiger partial charge in [-0.15, -0.1) is 0 Å². The third kappa shape index (κ3) is 3.00. The van der Waals surface area contributed by atoms with Gasteiger partial charge < -0.3 is 5.73 Å². The Labute approximate surface area is 120 Å². The van der Waals surface area contributed by atoms with Crippen molar-refractivity contribution in [1.29, 1.82) is 0 Å². The first-order valence-electron chi connectivity index (χ1n) is 5.49. The van der Waals surface area contributed by atoms with E-state index in [9.17, 15) is 12.8 Å². The van der Waals surface area contributed by atoms with Crippen molar-refractivity contribution in [2.75, 3.05) is 10.5 Å². The predicted molar refractivity (Wildman–Crippen MR) is 75.6 cm³/mol. The monoisotopic (exact) mass is 315 g/mol. The van der Waals surface area contributed by atoms with E-state index in [1.165, 1.54) is 31.3 Å². The van der Waals surface area contributed by atoms with E-state index >= 15 is 0 Å². The van der Waals surface area contributed by atoms with Crippen LogP contribution < -0.4 is 10.5 Å². The fourth-order valence-electron chi connectivity index (χ4n) is 1.58. The Bertz CT molecular complexity index is 748. The average molecular weight is 316 g/mol. The Morgan fingerprint density at radius 2 is 2.05 bits per heavy atom. The molecule has 0 aliphatic heterocycles. The number of halogens is 2. The van der Waals surface area contributed by atoms with Crippen LogP contribution in [0.2, 0.25) is 5.02 Å². The van der Waals surface area contributed by atoms with Gasteiger partial charge in [0.2, 0.25) is 0 Å². The molecule has 0 aliphatic carbocycles. The first-order chi connectivity index (χ1) is 9.29. The zero-order chi connectivity index (χ0) is 14.9. The maximum atomic E-state index is 13.6. The molecule has 0 spiro atoms. The van der Waals surface area contributed by atoms with Crippen molar-refractivity contribution in [2.24, 2.45) is 0 Å². The maximum absolute atomic E-state index is 13.6. The van der Waals surface area contributed by atoms with E-state index in [2.05, 4.69) is 9.71 Å². The Kier molecular flexibility index (Phi) is 3.82. The minimum Gasteiger partial charge on any atom is -0.399 e. The molecule has 3 N–H and O–H groups in total. The van der Waals surface area contributed by atoms with E-state index in [1.807, 2.05) is 0 Å². The highest BCUT2D eigenvalue weighted by molar-refractivity contribution is 7.92. The zero-order valence-corrected chi connectivity index (χ0v) is 12.0. The summed E-state index contributed by atoms with van der Waals surface area (Å²) < 4.78 is 40.2. The second kappa shape index (κ2) is 5.26. The van der Waals surface area contributed by atoms with E-state index in [-0.39, 0.29) is 22.0 Å². The molecular weight excluding hydrogens is 305 g/mol. The van der Waals surface area contributed by atoms with Gasteiger partial charge in [-0.3, -0.25) is 4.72 Å². The van der Waals surface area contributed by atoms with Gasteiger partial charge in [-0.2, -0.15) is 0 Å². The van der Waals surface area contributed by atoms with Crippen LogP contribution in [0.25, 0.3) is 0 Å². The number of nitrogens with two attached hydrogens (primary N) is 1. The van der Waals surface area contributed by atoms with Crippen LogP contribution in [0.1, 0.15) is 5.56 Å². The van der Waals surface area contributed by atoms with Crippen molar-refractivity contribution in [3.8, 4) is 0 Å². The summed E-state index contributed by atoms with van der Waals surface area (Å²) in [6.07, 6.45) is 1.30. The Morgan fingerprint density at radius 1 is 1.35 bits per heavy atom. The van der Waals surface area contributed by atoms with Crippen molar-refractivity contribution in [3.63, 3.8) is 0 Å². The molecule has 0 amide bonds. The smallest absolute Gasteiger partial charge is 0.263 e. The van der Waals surface area contributed by atoms with E-state index in [4.69, 9.17) is 17.3 Å². The predicted octanol–water partition coefficient (Wildman–Crippen LogP) is 2.57. The largest absolute Gasteiger partial charge is 0.399 e. The van der Waals surface area contributed by atoms with Crippen LogP contribution in [-0.2, 0) is 10.0 Å². The molecule has 0 saturated heterocycles. The summed E-state index contributed by atoms with van der Waals surface area (Å²) in [6.45, 7) is 1.36. The Hall–Kier alpha value is -1.86. The molecule has 1 aromatic carbocycles. The van der Waals surface area contributed by atoms with E-state index < -0.39 is 15.8 Å². The number of hydrogen-bond acceptors (Lipinski definition) is 4. The number of nitrogens with zero attached hydrogens (tertiary/aromatic N) is 1. The molecule has 0 bridgehead atoms. The number of rotatable bonds is 3. The van der Waals surface area contributed by atoms with Crippen LogP contribution in [0.3, 0.4) is 0 Å². The fourth-order valence-corrected chi connectivity index (χ4v) is 2.99. The highest BCUT2D eigenvalue weighted by atomic mass is 35.5. The number of nitrogens with one attached hydrogen (secondary N) is 1. The minimum atomic E-state index is -3.98. The van der Waals surface area contributed by atoms with Crippen molar-refractivity contribution >= 4 is 33.1 Å². The van der Waals surface area contributed by atoms with Gasteiger partial charge in [-0.05, 0) is 31.2 Å². The average Bonchev–Trinajstić information content (AvgIpc) is 2.36. The molecule has 0 atom stereocenters. The number of hydrogen-bond donors (Lipinski definition) is 2. The molecule has 0 saturated carbocycles. The molecule has 20 heavy (non-hydrogen) atoms. The molecule has 0 fully saturated rings. The third-order valence-corrected chi connectivity index (χ3v) is 4.28. The topological polar surface area (TPSA) is 85.1 Å². The first kappa shape index (κ1) is 14.5. The molecule has 2 aromatic rings. The number of benzene rings is 1. The first-order valence-corrected chi connectivity index (χ1v) is 7.36. The third-order valence-electron chi connectivity index (χ3n) is 2.57. The second-order valence-corrected chi connectivity index (χ2v) is 6.18. The fraction of sp³-hybridized carbons (Fsp3) is 0.0833. The zero-order valence-electron chi connectivity index (χ0n) is 10.4. The van der Waals surface area contributed by atoms with Gasteiger partial charge in [-0.1, -0.05) is 11.6 Å². The lowest BCUT2D eigenvalue weighted by Gasteiger charge is -2.11. The summed E-state index contributed by atoms with van der Waals surface area (Å²) >= 11 is 5.66. The van der Waals surface area contributed by atoms with Crippen LogP contribution in [0.15, 0.2) is 35.4 Å². The lowest BCUT2D eigenvalue weighted by Crippen LogP contribution is -2.16. The van der Waals surface area contributed by atoms with Crippen LogP contribution in [0.4, 0.5) is 15.9 Å². The molecule has 0 radical (unpaired) electrons. The second-order valence-electron chi connectivity index (χ2n) is 4.09. The van der Waals surface area contributed by atoms with Crippen molar-refractivity contribution < 1.29 is 12.8 Å². The van der Waals surface area contributed by atoms with Crippen LogP contribution in [0, 0.1) is 12.7 Å². The highest BCUT2D eigenvalue weighted by Gasteiger charge is 2.20. The van der Waals surface area contributed by atoms with Gasteiger partial charge in [0.05, 0.1) is 9.92 Å². The van der Waals surface area contributed by atoms with E-state index in [0.29, 0.717) is 5.02 Å². The lowest BCUT2D eigenvalue weighted by molar-refractivity contribution is 0.591. The molecule has 1 heterocycles. The summed E-state index contributed by atoms with van der Waals surface area (Å²) in [5, 5.41) is 0.374.